The third-order valence-corrected chi connectivity index (χ3v) is 3.77. The van der Waals surface area contributed by atoms with E-state index in [1.165, 1.54) is 62.5 Å². The van der Waals surface area contributed by atoms with E-state index in [-0.39, 0.29) is 0 Å². The average molecular weight is 232 g/mol. The van der Waals surface area contributed by atoms with Gasteiger partial charge in [0.05, 0.1) is 0 Å². The van der Waals surface area contributed by atoms with E-state index in [2.05, 4.69) is 39.0 Å². The van der Waals surface area contributed by atoms with Crippen molar-refractivity contribution in [1.29, 1.82) is 0 Å². The van der Waals surface area contributed by atoms with E-state index in [0.29, 0.717) is 0 Å². The first-order valence-electron chi connectivity index (χ1n) is 7.30. The number of unbranched alkanes of at least 4 members (excludes halogenated alkanes) is 6. The highest BCUT2D eigenvalue weighted by molar-refractivity contribution is 5.33. The van der Waals surface area contributed by atoms with Gasteiger partial charge in [0.1, 0.15) is 0 Å². The second-order valence-corrected chi connectivity index (χ2v) is 5.23. The zero-order valence-electron chi connectivity index (χ0n) is 11.9. The van der Waals surface area contributed by atoms with E-state index in [1.807, 2.05) is 0 Å². The van der Waals surface area contributed by atoms with Crippen molar-refractivity contribution < 1.29 is 0 Å². The van der Waals surface area contributed by atoms with Gasteiger partial charge < -0.3 is 0 Å². The normalized spacial score (nSPS) is 10.8. The monoisotopic (exact) mass is 232 g/mol. The van der Waals surface area contributed by atoms with Crippen LogP contribution in [0.15, 0.2) is 18.2 Å². The SMILES string of the molecule is CCCCCCCCCc1cccc(C)c1C. The zero-order chi connectivity index (χ0) is 12.5. The molecule has 0 N–H and O–H groups in total. The van der Waals surface area contributed by atoms with Crippen molar-refractivity contribution in [3.63, 3.8) is 0 Å². The summed E-state index contributed by atoms with van der Waals surface area (Å²) in [5, 5.41) is 0. The standard InChI is InChI=1S/C17H28/c1-4-5-6-7-8-9-10-13-17-14-11-12-15(2)16(17)3/h11-12,14H,4-10,13H2,1-3H3. The molecule has 0 atom stereocenters. The average Bonchev–Trinajstić information content (AvgIpc) is 2.33. The van der Waals surface area contributed by atoms with Crippen LogP contribution in [0.2, 0.25) is 0 Å². The molecule has 0 heterocycles. The van der Waals surface area contributed by atoms with Crippen molar-refractivity contribution in [1.82, 2.24) is 0 Å². The van der Waals surface area contributed by atoms with Gasteiger partial charge in [0, 0.05) is 0 Å². The second-order valence-electron chi connectivity index (χ2n) is 5.23. The third kappa shape index (κ3) is 5.39. The Balaban J connectivity index is 2.16. The minimum absolute atomic E-state index is 1.27. The molecule has 0 radical (unpaired) electrons. The molecule has 0 saturated carbocycles. The number of benzene rings is 1. The van der Waals surface area contributed by atoms with Crippen LogP contribution < -0.4 is 0 Å². The van der Waals surface area contributed by atoms with E-state index < -0.39 is 0 Å². The summed E-state index contributed by atoms with van der Waals surface area (Å²) in [5.41, 5.74) is 4.49. The van der Waals surface area contributed by atoms with Gasteiger partial charge in [-0.1, -0.05) is 63.6 Å². The lowest BCUT2D eigenvalue weighted by atomic mass is 9.98. The van der Waals surface area contributed by atoms with E-state index in [9.17, 15) is 0 Å². The molecule has 1 rings (SSSR count). The Morgan fingerprint density at radius 2 is 1.47 bits per heavy atom. The fourth-order valence-corrected chi connectivity index (χ4v) is 2.36. The molecule has 0 aliphatic rings. The Morgan fingerprint density at radius 1 is 0.824 bits per heavy atom. The molecule has 0 aliphatic heterocycles. The summed E-state index contributed by atoms with van der Waals surface area (Å²) in [7, 11) is 0. The Morgan fingerprint density at radius 3 is 2.18 bits per heavy atom. The molecule has 0 bridgehead atoms. The highest BCUT2D eigenvalue weighted by atomic mass is 14.1. The van der Waals surface area contributed by atoms with Gasteiger partial charge in [-0.25, -0.2) is 0 Å². The molecule has 0 heteroatoms. The van der Waals surface area contributed by atoms with Crippen LogP contribution in [0.3, 0.4) is 0 Å². The summed E-state index contributed by atoms with van der Waals surface area (Å²) in [5.74, 6) is 0. The first kappa shape index (κ1) is 14.3. The van der Waals surface area contributed by atoms with Crippen LogP contribution in [-0.2, 0) is 6.42 Å². The summed E-state index contributed by atoms with van der Waals surface area (Å²) in [6, 6.07) is 6.70. The zero-order valence-corrected chi connectivity index (χ0v) is 11.9. The van der Waals surface area contributed by atoms with Gasteiger partial charge in [-0.2, -0.15) is 0 Å². The number of hydrogen-bond acceptors (Lipinski definition) is 0. The molecule has 0 unspecified atom stereocenters. The van der Waals surface area contributed by atoms with Gasteiger partial charge in [-0.3, -0.25) is 0 Å². The maximum atomic E-state index is 2.29. The molecule has 0 amide bonds. The minimum atomic E-state index is 1.27. The highest BCUT2D eigenvalue weighted by Crippen LogP contribution is 2.16. The van der Waals surface area contributed by atoms with Crippen molar-refractivity contribution in [3.8, 4) is 0 Å². The van der Waals surface area contributed by atoms with Gasteiger partial charge in [-0.15, -0.1) is 0 Å². The summed E-state index contributed by atoms with van der Waals surface area (Å²) in [4.78, 5) is 0. The number of aryl methyl sites for hydroxylation is 2. The summed E-state index contributed by atoms with van der Waals surface area (Å²) in [6.45, 7) is 6.75. The Labute approximate surface area is 107 Å². The summed E-state index contributed by atoms with van der Waals surface area (Å²) >= 11 is 0. The van der Waals surface area contributed by atoms with E-state index in [0.717, 1.165) is 0 Å². The fraction of sp³-hybridized carbons (Fsp3) is 0.647. The number of rotatable bonds is 8. The largest absolute Gasteiger partial charge is 0.0654 e. The maximum absolute atomic E-state index is 2.29. The molecule has 1 aromatic rings. The summed E-state index contributed by atoms with van der Waals surface area (Å²) in [6.07, 6.45) is 11.1. The molecule has 0 aromatic heterocycles. The maximum Gasteiger partial charge on any atom is -0.0276 e. The van der Waals surface area contributed by atoms with Crippen LogP contribution in [0.5, 0.6) is 0 Å². The molecule has 96 valence electrons. The predicted molar refractivity (Wildman–Crippen MR) is 77.6 cm³/mol. The molecule has 0 nitrogen and oxygen atoms in total. The Bertz CT molecular complexity index is 312. The van der Waals surface area contributed by atoms with Crippen molar-refractivity contribution in [2.45, 2.75) is 72.1 Å². The molecule has 1 aromatic carbocycles. The second kappa shape index (κ2) is 8.33. The van der Waals surface area contributed by atoms with Gasteiger partial charge in [-0.05, 0) is 43.4 Å². The lowest BCUT2D eigenvalue weighted by Gasteiger charge is -2.08. The smallest absolute Gasteiger partial charge is 0.0276 e. The van der Waals surface area contributed by atoms with Crippen LogP contribution in [0, 0.1) is 13.8 Å². The first-order valence-corrected chi connectivity index (χ1v) is 7.30. The topological polar surface area (TPSA) is 0 Å². The van der Waals surface area contributed by atoms with Crippen LogP contribution in [0.1, 0.15) is 68.6 Å². The Hall–Kier alpha value is -0.780. The van der Waals surface area contributed by atoms with Crippen LogP contribution in [-0.4, -0.2) is 0 Å². The van der Waals surface area contributed by atoms with Gasteiger partial charge in [0.15, 0.2) is 0 Å². The molecule has 0 aliphatic carbocycles. The van der Waals surface area contributed by atoms with Gasteiger partial charge in [0.2, 0.25) is 0 Å². The quantitative estimate of drug-likeness (QED) is 0.512. The molecule has 0 spiro atoms. The van der Waals surface area contributed by atoms with Crippen molar-refractivity contribution in [3.05, 3.63) is 34.9 Å². The predicted octanol–water partition coefficient (Wildman–Crippen LogP) is 5.60. The number of hydrogen-bond donors (Lipinski definition) is 0. The van der Waals surface area contributed by atoms with Crippen LogP contribution in [0.25, 0.3) is 0 Å². The first-order chi connectivity index (χ1) is 8.25. The van der Waals surface area contributed by atoms with E-state index in [1.54, 1.807) is 5.56 Å². The van der Waals surface area contributed by atoms with E-state index in [4.69, 9.17) is 0 Å². The lowest BCUT2D eigenvalue weighted by Crippen LogP contribution is -1.92. The van der Waals surface area contributed by atoms with Crippen LogP contribution >= 0.6 is 0 Å². The fourth-order valence-electron chi connectivity index (χ4n) is 2.36. The van der Waals surface area contributed by atoms with Gasteiger partial charge >= 0.3 is 0 Å². The van der Waals surface area contributed by atoms with Crippen LogP contribution in [0.4, 0.5) is 0 Å². The minimum Gasteiger partial charge on any atom is -0.0654 e. The Kier molecular flexibility index (Phi) is 7.00. The van der Waals surface area contributed by atoms with Gasteiger partial charge in [0.25, 0.3) is 0 Å². The molecule has 0 fully saturated rings. The molecular weight excluding hydrogens is 204 g/mol. The van der Waals surface area contributed by atoms with Crippen molar-refractivity contribution in [2.75, 3.05) is 0 Å². The molecular formula is C17H28. The lowest BCUT2D eigenvalue weighted by molar-refractivity contribution is 0.589. The molecule has 0 saturated heterocycles. The highest BCUT2D eigenvalue weighted by Gasteiger charge is 2.00. The molecule has 17 heavy (non-hydrogen) atoms. The van der Waals surface area contributed by atoms with E-state index >= 15 is 0 Å². The van der Waals surface area contributed by atoms with Crippen molar-refractivity contribution in [2.24, 2.45) is 0 Å². The van der Waals surface area contributed by atoms with Crippen molar-refractivity contribution >= 4 is 0 Å². The third-order valence-electron chi connectivity index (χ3n) is 3.77. The summed E-state index contributed by atoms with van der Waals surface area (Å²) < 4.78 is 0.